The van der Waals surface area contributed by atoms with Gasteiger partial charge in [-0.25, -0.2) is 9.98 Å². The van der Waals surface area contributed by atoms with Gasteiger partial charge in [0, 0.05) is 39.1 Å². The van der Waals surface area contributed by atoms with Gasteiger partial charge in [-0.05, 0) is 29.7 Å². The third kappa shape index (κ3) is 1.83. The average Bonchev–Trinajstić information content (AvgIpc) is 3.25. The molecule has 4 aromatic carbocycles. The summed E-state index contributed by atoms with van der Waals surface area (Å²) in [6.45, 7) is 0. The van der Waals surface area contributed by atoms with E-state index in [4.69, 9.17) is 9.98 Å². The molecule has 126 valence electrons. The highest BCUT2D eigenvalue weighted by atomic mass is 16.6. The Morgan fingerprint density at radius 3 is 2.48 bits per heavy atom. The molecule has 2 aliphatic rings. The van der Waals surface area contributed by atoms with Crippen LogP contribution in [0.3, 0.4) is 0 Å². The third-order valence-corrected chi connectivity index (χ3v) is 5.26. The standard InChI is InChI=1S/C22H11N3O2/c26-25(27)13-7-10-17-15(11-13)22-19(24-17)9-6-12-5-8-18-21(20(12)22)14-3-1-2-4-16(14)23-18/h1-11H. The molecule has 0 N–H and O–H groups in total. The van der Waals surface area contributed by atoms with Gasteiger partial charge < -0.3 is 0 Å². The minimum absolute atomic E-state index is 0.0754. The van der Waals surface area contributed by atoms with Crippen molar-refractivity contribution in [2.75, 3.05) is 0 Å². The maximum atomic E-state index is 11.3. The summed E-state index contributed by atoms with van der Waals surface area (Å²) in [5.41, 5.74) is 4.04. The number of nitrogens with zero attached hydrogens (tertiary/aromatic N) is 3. The van der Waals surface area contributed by atoms with Crippen LogP contribution in [0.1, 0.15) is 0 Å². The number of rotatable bonds is 1. The lowest BCUT2D eigenvalue weighted by molar-refractivity contribution is -0.384. The SMILES string of the molecule is O=[N+]([O-])c1ccc2c(c1)=c1c(ccc3ccc4c(c13)-c1ccccc1N=4)N=2. The van der Waals surface area contributed by atoms with Crippen molar-refractivity contribution in [2.45, 2.75) is 0 Å². The first-order valence-electron chi connectivity index (χ1n) is 8.62. The van der Waals surface area contributed by atoms with Crippen molar-refractivity contribution >= 4 is 27.8 Å². The topological polar surface area (TPSA) is 67.9 Å². The second-order valence-corrected chi connectivity index (χ2v) is 6.72. The van der Waals surface area contributed by atoms with Crippen molar-refractivity contribution in [2.24, 2.45) is 9.98 Å². The lowest BCUT2D eigenvalue weighted by Crippen LogP contribution is -2.02. The monoisotopic (exact) mass is 349 g/mol. The molecule has 5 heteroatoms. The third-order valence-electron chi connectivity index (χ3n) is 5.26. The van der Waals surface area contributed by atoms with Gasteiger partial charge in [0.25, 0.3) is 5.69 Å². The molecule has 27 heavy (non-hydrogen) atoms. The van der Waals surface area contributed by atoms with E-state index in [0.717, 1.165) is 54.4 Å². The minimum atomic E-state index is -0.363. The Morgan fingerprint density at radius 1 is 0.815 bits per heavy atom. The normalized spacial score (nSPS) is 12.6. The number of fused-ring (bicyclic) bond motifs is 8. The van der Waals surface area contributed by atoms with Crippen LogP contribution in [-0.2, 0) is 0 Å². The number of nitro groups is 1. The summed E-state index contributed by atoms with van der Waals surface area (Å²) in [6.07, 6.45) is 0. The van der Waals surface area contributed by atoms with Gasteiger partial charge in [-0.15, -0.1) is 0 Å². The zero-order valence-electron chi connectivity index (χ0n) is 14.0. The average molecular weight is 349 g/mol. The number of hydrogen-bond acceptors (Lipinski definition) is 4. The maximum Gasteiger partial charge on any atom is 0.270 e. The molecule has 5 nitrogen and oxygen atoms in total. The van der Waals surface area contributed by atoms with Crippen LogP contribution in [0.25, 0.3) is 21.9 Å². The molecule has 0 atom stereocenters. The predicted octanol–water partition coefficient (Wildman–Crippen LogP) is 4.23. The first-order chi connectivity index (χ1) is 13.2. The number of hydrogen-bond donors (Lipinski definition) is 0. The van der Waals surface area contributed by atoms with Crippen LogP contribution in [0.4, 0.5) is 17.1 Å². The Labute approximate surface area is 152 Å². The molecular formula is C22H11N3O2. The molecule has 0 aromatic heterocycles. The van der Waals surface area contributed by atoms with Crippen molar-refractivity contribution in [3.05, 3.63) is 98.0 Å². The van der Waals surface area contributed by atoms with Crippen LogP contribution >= 0.6 is 0 Å². The van der Waals surface area contributed by atoms with Crippen LogP contribution in [0, 0.1) is 20.6 Å². The molecular weight excluding hydrogens is 338 g/mol. The smallest absolute Gasteiger partial charge is 0.258 e. The second kappa shape index (κ2) is 4.86. The van der Waals surface area contributed by atoms with Gasteiger partial charge in [-0.2, -0.15) is 0 Å². The molecule has 6 rings (SSSR count). The van der Waals surface area contributed by atoms with E-state index in [0.29, 0.717) is 0 Å². The lowest BCUT2D eigenvalue weighted by atomic mass is 9.95. The lowest BCUT2D eigenvalue weighted by Gasteiger charge is -2.06. The molecule has 0 amide bonds. The van der Waals surface area contributed by atoms with E-state index in [2.05, 4.69) is 18.2 Å². The molecule has 0 fully saturated rings. The van der Waals surface area contributed by atoms with Crippen molar-refractivity contribution in [3.8, 4) is 11.1 Å². The van der Waals surface area contributed by atoms with Gasteiger partial charge in [0.05, 0.1) is 27.0 Å². The summed E-state index contributed by atoms with van der Waals surface area (Å²) in [5, 5.41) is 16.9. The predicted molar refractivity (Wildman–Crippen MR) is 102 cm³/mol. The van der Waals surface area contributed by atoms with Gasteiger partial charge in [0.1, 0.15) is 0 Å². The number of benzene rings is 4. The largest absolute Gasteiger partial charge is 0.270 e. The van der Waals surface area contributed by atoms with E-state index in [1.54, 1.807) is 12.1 Å². The first-order valence-corrected chi connectivity index (χ1v) is 8.62. The Bertz CT molecular complexity index is 1560. The Kier molecular flexibility index (Phi) is 2.58. The molecule has 4 aromatic rings. The zero-order chi connectivity index (χ0) is 18.1. The molecule has 0 aliphatic carbocycles. The summed E-state index contributed by atoms with van der Waals surface area (Å²) in [4.78, 5) is 20.4. The van der Waals surface area contributed by atoms with E-state index in [9.17, 15) is 10.1 Å². The molecule has 0 radical (unpaired) electrons. The van der Waals surface area contributed by atoms with Gasteiger partial charge in [0.2, 0.25) is 0 Å². The first kappa shape index (κ1) is 14.3. The highest BCUT2D eigenvalue weighted by Gasteiger charge is 2.20. The highest BCUT2D eigenvalue weighted by Crippen LogP contribution is 2.39. The molecule has 2 aliphatic heterocycles. The zero-order valence-corrected chi connectivity index (χ0v) is 14.0. The Hall–Kier alpha value is -3.86. The fourth-order valence-electron chi connectivity index (χ4n) is 4.11. The highest BCUT2D eigenvalue weighted by molar-refractivity contribution is 6.02. The van der Waals surface area contributed by atoms with Crippen LogP contribution in [-0.4, -0.2) is 4.92 Å². The number of para-hydroxylation sites is 1. The van der Waals surface area contributed by atoms with E-state index >= 15 is 0 Å². The van der Waals surface area contributed by atoms with Gasteiger partial charge >= 0.3 is 0 Å². The Morgan fingerprint density at radius 2 is 1.59 bits per heavy atom. The fraction of sp³-hybridized carbons (Fsp3) is 0. The van der Waals surface area contributed by atoms with Gasteiger partial charge in [0.15, 0.2) is 0 Å². The van der Waals surface area contributed by atoms with Gasteiger partial charge in [-0.1, -0.05) is 30.3 Å². The summed E-state index contributed by atoms with van der Waals surface area (Å²) in [7, 11) is 0. The summed E-state index contributed by atoms with van der Waals surface area (Å²) < 4.78 is 0. The van der Waals surface area contributed by atoms with E-state index in [1.807, 2.05) is 30.3 Å². The molecule has 0 unspecified atom stereocenters. The second-order valence-electron chi connectivity index (χ2n) is 6.72. The van der Waals surface area contributed by atoms with Crippen LogP contribution in [0.5, 0.6) is 0 Å². The summed E-state index contributed by atoms with van der Waals surface area (Å²) >= 11 is 0. The molecule has 0 spiro atoms. The van der Waals surface area contributed by atoms with Gasteiger partial charge in [-0.3, -0.25) is 10.1 Å². The van der Waals surface area contributed by atoms with Crippen molar-refractivity contribution < 1.29 is 4.92 Å². The molecule has 0 saturated heterocycles. The van der Waals surface area contributed by atoms with Crippen LogP contribution < -0.4 is 10.7 Å². The molecule has 0 saturated carbocycles. The van der Waals surface area contributed by atoms with Crippen molar-refractivity contribution in [1.29, 1.82) is 0 Å². The van der Waals surface area contributed by atoms with E-state index < -0.39 is 0 Å². The molecule has 2 heterocycles. The quantitative estimate of drug-likeness (QED) is 0.329. The fourth-order valence-corrected chi connectivity index (χ4v) is 4.11. The number of nitro benzene ring substituents is 1. The Balaban J connectivity index is 1.91. The van der Waals surface area contributed by atoms with Crippen LogP contribution in [0.2, 0.25) is 0 Å². The molecule has 0 bridgehead atoms. The maximum absolute atomic E-state index is 11.3. The van der Waals surface area contributed by atoms with E-state index in [-0.39, 0.29) is 10.6 Å². The summed E-state index contributed by atoms with van der Waals surface area (Å²) in [5.74, 6) is 0. The van der Waals surface area contributed by atoms with Crippen molar-refractivity contribution in [1.82, 2.24) is 0 Å². The summed E-state index contributed by atoms with van der Waals surface area (Å²) in [6, 6.07) is 21.0. The van der Waals surface area contributed by atoms with E-state index in [1.165, 1.54) is 6.07 Å². The number of non-ortho nitro benzene ring substituents is 1. The van der Waals surface area contributed by atoms with Crippen molar-refractivity contribution in [3.63, 3.8) is 0 Å². The minimum Gasteiger partial charge on any atom is -0.258 e. The van der Waals surface area contributed by atoms with Crippen LogP contribution in [0.15, 0.2) is 76.7 Å².